The molecular weight excluding hydrogens is 256 g/mol. The van der Waals surface area contributed by atoms with Crippen molar-refractivity contribution in [3.05, 3.63) is 16.1 Å². The van der Waals surface area contributed by atoms with Crippen LogP contribution in [0.1, 0.15) is 63.6 Å². The first kappa shape index (κ1) is 14.9. The summed E-state index contributed by atoms with van der Waals surface area (Å²) in [6, 6.07) is 0.553. The van der Waals surface area contributed by atoms with Crippen LogP contribution >= 0.6 is 11.3 Å². The van der Waals surface area contributed by atoms with Gasteiger partial charge in [-0.1, -0.05) is 19.8 Å². The SMILES string of the molecule is CCOC1(c2nc(CNC(C)CC)cs2)CCCC1. The Kier molecular flexibility index (Phi) is 5.37. The van der Waals surface area contributed by atoms with E-state index in [0.29, 0.717) is 6.04 Å². The molecule has 1 N–H and O–H groups in total. The molecule has 1 fully saturated rings. The minimum absolute atomic E-state index is 0.0754. The van der Waals surface area contributed by atoms with Gasteiger partial charge < -0.3 is 10.1 Å². The van der Waals surface area contributed by atoms with E-state index in [9.17, 15) is 0 Å². The van der Waals surface area contributed by atoms with E-state index in [2.05, 4.69) is 31.5 Å². The lowest BCUT2D eigenvalue weighted by molar-refractivity contribution is -0.0392. The van der Waals surface area contributed by atoms with Gasteiger partial charge in [-0.15, -0.1) is 11.3 Å². The second kappa shape index (κ2) is 6.82. The molecule has 0 saturated heterocycles. The summed E-state index contributed by atoms with van der Waals surface area (Å²) in [7, 11) is 0. The fourth-order valence-corrected chi connectivity index (χ4v) is 3.69. The largest absolute Gasteiger partial charge is 0.368 e. The summed E-state index contributed by atoms with van der Waals surface area (Å²) in [5.74, 6) is 0. The van der Waals surface area contributed by atoms with E-state index in [1.807, 2.05) is 0 Å². The lowest BCUT2D eigenvalue weighted by Gasteiger charge is -2.26. The number of hydrogen-bond donors (Lipinski definition) is 1. The smallest absolute Gasteiger partial charge is 0.125 e. The number of aromatic nitrogens is 1. The zero-order chi connectivity index (χ0) is 13.7. The highest BCUT2D eigenvalue weighted by molar-refractivity contribution is 7.09. The van der Waals surface area contributed by atoms with E-state index in [0.717, 1.165) is 38.1 Å². The van der Waals surface area contributed by atoms with Crippen LogP contribution in [0, 0.1) is 0 Å². The third kappa shape index (κ3) is 3.56. The van der Waals surface area contributed by atoms with Crippen molar-refractivity contribution < 1.29 is 4.74 Å². The van der Waals surface area contributed by atoms with Crippen molar-refractivity contribution in [2.45, 2.75) is 71.1 Å². The van der Waals surface area contributed by atoms with Crippen LogP contribution in [0.25, 0.3) is 0 Å². The number of ether oxygens (including phenoxy) is 1. The highest BCUT2D eigenvalue weighted by atomic mass is 32.1. The second-order valence-electron chi connectivity index (χ2n) is 5.47. The molecule has 2 rings (SSSR count). The van der Waals surface area contributed by atoms with Crippen molar-refractivity contribution in [3.8, 4) is 0 Å². The Morgan fingerprint density at radius 1 is 1.42 bits per heavy atom. The molecule has 3 nitrogen and oxygen atoms in total. The molecule has 1 atom stereocenters. The average Bonchev–Trinajstić information content (AvgIpc) is 3.05. The summed E-state index contributed by atoms with van der Waals surface area (Å²) in [6.45, 7) is 8.14. The van der Waals surface area contributed by atoms with Gasteiger partial charge in [-0.25, -0.2) is 4.98 Å². The average molecular weight is 282 g/mol. The summed E-state index contributed by atoms with van der Waals surface area (Å²) in [6.07, 6.45) is 5.94. The minimum atomic E-state index is -0.0754. The van der Waals surface area contributed by atoms with Gasteiger partial charge in [0.15, 0.2) is 0 Å². The fraction of sp³-hybridized carbons (Fsp3) is 0.800. The Balaban J connectivity index is 2.02. The number of nitrogens with zero attached hydrogens (tertiary/aromatic N) is 1. The van der Waals surface area contributed by atoms with E-state index in [1.165, 1.54) is 17.8 Å². The van der Waals surface area contributed by atoms with E-state index >= 15 is 0 Å². The first-order valence-corrected chi connectivity index (χ1v) is 8.40. The zero-order valence-corrected chi connectivity index (χ0v) is 13.2. The van der Waals surface area contributed by atoms with Crippen molar-refractivity contribution in [2.24, 2.45) is 0 Å². The maximum absolute atomic E-state index is 6.06. The number of nitrogens with one attached hydrogen (secondary N) is 1. The second-order valence-corrected chi connectivity index (χ2v) is 6.33. The van der Waals surface area contributed by atoms with Crippen LogP contribution < -0.4 is 5.32 Å². The van der Waals surface area contributed by atoms with E-state index < -0.39 is 0 Å². The van der Waals surface area contributed by atoms with Crippen molar-refractivity contribution >= 4 is 11.3 Å². The first-order valence-electron chi connectivity index (χ1n) is 7.52. The summed E-state index contributed by atoms with van der Waals surface area (Å²) in [5, 5.41) is 6.87. The molecule has 1 aromatic rings. The molecule has 1 aliphatic rings. The summed E-state index contributed by atoms with van der Waals surface area (Å²) < 4.78 is 6.06. The predicted molar refractivity (Wildman–Crippen MR) is 80.5 cm³/mol. The molecule has 19 heavy (non-hydrogen) atoms. The highest BCUT2D eigenvalue weighted by Crippen LogP contribution is 2.43. The summed E-state index contributed by atoms with van der Waals surface area (Å²) in [4.78, 5) is 4.82. The normalized spacial score (nSPS) is 19.7. The van der Waals surface area contributed by atoms with Gasteiger partial charge in [-0.2, -0.15) is 0 Å². The van der Waals surface area contributed by atoms with Crippen LogP contribution in [-0.2, 0) is 16.9 Å². The maximum Gasteiger partial charge on any atom is 0.125 e. The number of rotatable bonds is 7. The molecule has 108 valence electrons. The lowest BCUT2D eigenvalue weighted by Crippen LogP contribution is -2.27. The molecule has 0 amide bonds. The Labute approximate surface area is 120 Å². The van der Waals surface area contributed by atoms with Crippen molar-refractivity contribution in [1.82, 2.24) is 10.3 Å². The van der Waals surface area contributed by atoms with Crippen molar-refractivity contribution in [1.29, 1.82) is 0 Å². The van der Waals surface area contributed by atoms with E-state index in [-0.39, 0.29) is 5.60 Å². The molecular formula is C15H26N2OS. The quantitative estimate of drug-likeness (QED) is 0.825. The molecule has 0 aromatic carbocycles. The highest BCUT2D eigenvalue weighted by Gasteiger charge is 2.38. The van der Waals surface area contributed by atoms with E-state index in [1.54, 1.807) is 11.3 Å². The molecule has 1 saturated carbocycles. The minimum Gasteiger partial charge on any atom is -0.368 e. The van der Waals surface area contributed by atoms with Crippen LogP contribution in [0.5, 0.6) is 0 Å². The molecule has 0 radical (unpaired) electrons. The molecule has 0 spiro atoms. The summed E-state index contributed by atoms with van der Waals surface area (Å²) in [5.41, 5.74) is 1.08. The van der Waals surface area contributed by atoms with Crippen molar-refractivity contribution in [3.63, 3.8) is 0 Å². The Bertz CT molecular complexity index is 385. The van der Waals surface area contributed by atoms with Crippen LogP contribution in [0.4, 0.5) is 0 Å². The van der Waals surface area contributed by atoms with Gasteiger partial charge in [0.05, 0.1) is 5.69 Å². The Morgan fingerprint density at radius 2 is 2.16 bits per heavy atom. The molecule has 1 aliphatic carbocycles. The molecule has 0 bridgehead atoms. The van der Waals surface area contributed by atoms with Gasteiger partial charge in [0.25, 0.3) is 0 Å². The van der Waals surface area contributed by atoms with Crippen LogP contribution in [0.15, 0.2) is 5.38 Å². The first-order chi connectivity index (χ1) is 9.20. The maximum atomic E-state index is 6.06. The molecule has 4 heteroatoms. The molecule has 1 aromatic heterocycles. The van der Waals surface area contributed by atoms with Crippen molar-refractivity contribution in [2.75, 3.05) is 6.61 Å². The van der Waals surface area contributed by atoms with Gasteiger partial charge in [0.2, 0.25) is 0 Å². The van der Waals surface area contributed by atoms with E-state index in [4.69, 9.17) is 9.72 Å². The Morgan fingerprint density at radius 3 is 2.79 bits per heavy atom. The fourth-order valence-electron chi connectivity index (χ4n) is 2.66. The van der Waals surface area contributed by atoms with Crippen LogP contribution in [-0.4, -0.2) is 17.6 Å². The number of thiazole rings is 1. The van der Waals surface area contributed by atoms with Gasteiger partial charge >= 0.3 is 0 Å². The standard InChI is InChI=1S/C15H26N2OS/c1-4-12(3)16-10-13-11-19-14(17-13)15(18-5-2)8-6-7-9-15/h11-12,16H,4-10H2,1-3H3. The van der Waals surface area contributed by atoms with Crippen LogP contribution in [0.2, 0.25) is 0 Å². The topological polar surface area (TPSA) is 34.1 Å². The lowest BCUT2D eigenvalue weighted by atomic mass is 10.0. The van der Waals surface area contributed by atoms with Crippen LogP contribution in [0.3, 0.4) is 0 Å². The molecule has 1 heterocycles. The van der Waals surface area contributed by atoms with Gasteiger partial charge in [-0.3, -0.25) is 0 Å². The van der Waals surface area contributed by atoms with Gasteiger partial charge in [0, 0.05) is 24.6 Å². The number of hydrogen-bond acceptors (Lipinski definition) is 4. The predicted octanol–water partition coefficient (Wildman–Crippen LogP) is 3.84. The van der Waals surface area contributed by atoms with Gasteiger partial charge in [-0.05, 0) is 33.1 Å². The summed E-state index contributed by atoms with van der Waals surface area (Å²) >= 11 is 1.77. The molecule has 0 aliphatic heterocycles. The third-order valence-corrected chi connectivity index (χ3v) is 5.09. The monoisotopic (exact) mass is 282 g/mol. The van der Waals surface area contributed by atoms with Gasteiger partial charge in [0.1, 0.15) is 10.6 Å². The molecule has 1 unspecified atom stereocenters. The third-order valence-electron chi connectivity index (χ3n) is 4.02. The zero-order valence-electron chi connectivity index (χ0n) is 12.4. The Hall–Kier alpha value is -0.450.